The van der Waals surface area contributed by atoms with Gasteiger partial charge in [0.25, 0.3) is 5.09 Å². The van der Waals surface area contributed by atoms with Gasteiger partial charge in [-0.15, -0.1) is 14.7 Å². The third-order valence-electron chi connectivity index (χ3n) is 5.42. The van der Waals surface area contributed by atoms with Crippen LogP contribution >= 0.6 is 0 Å². The number of aromatic nitrogens is 2. The largest absolute Gasteiger partial charge is 0.438 e. The monoisotopic (exact) mass is 310 g/mol. The van der Waals surface area contributed by atoms with E-state index in [9.17, 15) is 20.2 Å². The lowest BCUT2D eigenvalue weighted by Crippen LogP contribution is -2.59. The Morgan fingerprint density at radius 2 is 1.82 bits per heavy atom. The van der Waals surface area contributed by atoms with E-state index < -0.39 is 21.0 Å². The van der Waals surface area contributed by atoms with Crippen molar-refractivity contribution in [3.05, 3.63) is 25.9 Å². The van der Waals surface area contributed by atoms with Crippen molar-refractivity contribution in [2.24, 2.45) is 11.8 Å². The second kappa shape index (κ2) is 4.14. The summed E-state index contributed by atoms with van der Waals surface area (Å²) in [5, 5.41) is 28.5. The molecule has 1 aromatic rings. The second-order valence-corrected chi connectivity index (χ2v) is 6.93. The molecule has 4 bridgehead atoms. The van der Waals surface area contributed by atoms with Crippen LogP contribution in [0.1, 0.15) is 44.2 Å². The maximum absolute atomic E-state index is 11.1. The first-order valence-corrected chi connectivity index (χ1v) is 7.22. The molecule has 10 nitrogen and oxygen atoms in total. The van der Waals surface area contributed by atoms with Crippen LogP contribution < -0.4 is 0 Å². The van der Waals surface area contributed by atoms with Gasteiger partial charge in [0.2, 0.25) is 0 Å². The van der Waals surface area contributed by atoms with E-state index in [2.05, 4.69) is 14.9 Å². The van der Waals surface area contributed by atoms with Crippen molar-refractivity contribution >= 4 is 5.82 Å². The fraction of sp³-hybridized carbons (Fsp3) is 0.833. The highest BCUT2D eigenvalue weighted by Gasteiger charge is 2.63. The van der Waals surface area contributed by atoms with Crippen LogP contribution in [0.15, 0.2) is 4.63 Å². The van der Waals surface area contributed by atoms with Gasteiger partial charge in [0.1, 0.15) is 5.60 Å². The first-order valence-electron chi connectivity index (χ1n) is 7.22. The van der Waals surface area contributed by atoms with Crippen LogP contribution in [0.25, 0.3) is 0 Å². The van der Waals surface area contributed by atoms with Crippen molar-refractivity contribution in [1.29, 1.82) is 0 Å². The summed E-state index contributed by atoms with van der Waals surface area (Å²) in [5.74, 6) is 0.146. The third kappa shape index (κ3) is 1.79. The summed E-state index contributed by atoms with van der Waals surface area (Å²) >= 11 is 0. The van der Waals surface area contributed by atoms with Crippen LogP contribution in [0.4, 0.5) is 5.82 Å². The molecule has 5 rings (SSSR count). The standard InChI is InChI=1S/C12H14N4O6/c17-15(18)10-9(13-22-14-10)11-2-7-1-8(3-11)5-12(4-7,6-11)21-16(19)20/h7-8H,1-6H2. The molecule has 4 aliphatic carbocycles. The quantitative estimate of drug-likeness (QED) is 0.606. The maximum Gasteiger partial charge on any atom is 0.438 e. The fourth-order valence-corrected chi connectivity index (χ4v) is 5.36. The van der Waals surface area contributed by atoms with Crippen molar-refractivity contribution in [2.75, 3.05) is 0 Å². The van der Waals surface area contributed by atoms with E-state index in [0.29, 0.717) is 19.3 Å². The summed E-state index contributed by atoms with van der Waals surface area (Å²) in [6, 6.07) is 0. The number of nitro groups is 1. The Hall–Kier alpha value is -2.26. The van der Waals surface area contributed by atoms with E-state index in [1.165, 1.54) is 0 Å². The second-order valence-electron chi connectivity index (χ2n) is 6.93. The van der Waals surface area contributed by atoms with Gasteiger partial charge in [-0.25, -0.2) is 0 Å². The lowest BCUT2D eigenvalue weighted by Gasteiger charge is -2.59. The van der Waals surface area contributed by atoms with Crippen molar-refractivity contribution in [2.45, 2.75) is 49.5 Å². The Labute approximate surface area is 124 Å². The minimum absolute atomic E-state index is 0.225. The smallest absolute Gasteiger partial charge is 0.358 e. The Bertz CT molecular complexity index is 644. The minimum atomic E-state index is -0.847. The zero-order valence-electron chi connectivity index (χ0n) is 11.6. The number of hydrogen-bond donors (Lipinski definition) is 0. The van der Waals surface area contributed by atoms with Crippen molar-refractivity contribution in [3.63, 3.8) is 0 Å². The van der Waals surface area contributed by atoms with Crippen LogP contribution in [0.5, 0.6) is 0 Å². The molecule has 118 valence electrons. The van der Waals surface area contributed by atoms with E-state index in [4.69, 9.17) is 4.84 Å². The SMILES string of the molecule is O=[N+]([O-])OC12CC3CC(C1)CC(c1nonc1[N+](=O)[O-])(C3)C2. The maximum atomic E-state index is 11.1. The molecule has 0 N–H and O–H groups in total. The molecule has 10 heteroatoms. The average molecular weight is 310 g/mol. The highest BCUT2D eigenvalue weighted by Crippen LogP contribution is 2.63. The van der Waals surface area contributed by atoms with Crippen molar-refractivity contribution in [1.82, 2.24) is 10.3 Å². The summed E-state index contributed by atoms with van der Waals surface area (Å²) in [6.45, 7) is 0. The molecule has 4 aliphatic rings. The molecule has 0 aliphatic heterocycles. The van der Waals surface area contributed by atoms with Crippen LogP contribution in [-0.4, -0.2) is 25.9 Å². The molecular weight excluding hydrogens is 296 g/mol. The summed E-state index contributed by atoms with van der Waals surface area (Å²) in [7, 11) is 0. The Morgan fingerprint density at radius 3 is 2.41 bits per heavy atom. The summed E-state index contributed by atoms with van der Waals surface area (Å²) in [5.41, 5.74) is -1.22. The van der Waals surface area contributed by atoms with Gasteiger partial charge in [0, 0.05) is 5.41 Å². The van der Waals surface area contributed by atoms with Gasteiger partial charge in [-0.05, 0) is 60.4 Å². The average Bonchev–Trinajstić information content (AvgIpc) is 2.84. The van der Waals surface area contributed by atoms with E-state index in [1.54, 1.807) is 0 Å². The molecule has 1 aromatic heterocycles. The van der Waals surface area contributed by atoms with E-state index in [-0.39, 0.29) is 23.3 Å². The number of rotatable bonds is 4. The van der Waals surface area contributed by atoms with Crippen LogP contribution in [0.3, 0.4) is 0 Å². The molecule has 2 atom stereocenters. The molecule has 0 aromatic carbocycles. The topological polar surface area (TPSA) is 134 Å². The van der Waals surface area contributed by atoms with Gasteiger partial charge in [0.05, 0.1) is 0 Å². The van der Waals surface area contributed by atoms with Gasteiger partial charge in [0.15, 0.2) is 10.9 Å². The first-order chi connectivity index (χ1) is 10.4. The predicted octanol–water partition coefficient (Wildman–Crippen LogP) is 1.78. The minimum Gasteiger partial charge on any atom is -0.358 e. The summed E-state index contributed by atoms with van der Waals surface area (Å²) in [4.78, 5) is 26.5. The van der Waals surface area contributed by atoms with Crippen LogP contribution in [-0.2, 0) is 10.3 Å². The Morgan fingerprint density at radius 1 is 1.14 bits per heavy atom. The molecule has 0 saturated heterocycles. The predicted molar refractivity (Wildman–Crippen MR) is 68.1 cm³/mol. The molecular formula is C12H14N4O6. The van der Waals surface area contributed by atoms with Gasteiger partial charge in [-0.2, -0.15) is 0 Å². The first kappa shape index (κ1) is 13.4. The Balaban J connectivity index is 1.77. The molecule has 2 unspecified atom stereocenters. The molecule has 0 radical (unpaired) electrons. The van der Waals surface area contributed by atoms with Gasteiger partial charge >= 0.3 is 5.82 Å². The van der Waals surface area contributed by atoms with Crippen LogP contribution in [0.2, 0.25) is 0 Å². The third-order valence-corrected chi connectivity index (χ3v) is 5.42. The number of hydrogen-bond acceptors (Lipinski definition) is 8. The molecule has 4 fully saturated rings. The van der Waals surface area contributed by atoms with Crippen molar-refractivity contribution in [3.8, 4) is 0 Å². The normalized spacial score (nSPS) is 38.9. The van der Waals surface area contributed by atoms with E-state index in [0.717, 1.165) is 19.3 Å². The van der Waals surface area contributed by atoms with E-state index in [1.807, 2.05) is 0 Å². The van der Waals surface area contributed by atoms with Gasteiger partial charge in [-0.3, -0.25) is 0 Å². The number of nitrogens with zero attached hydrogens (tertiary/aromatic N) is 4. The highest BCUT2D eigenvalue weighted by molar-refractivity contribution is 5.35. The Kier molecular flexibility index (Phi) is 2.52. The zero-order valence-corrected chi connectivity index (χ0v) is 11.6. The van der Waals surface area contributed by atoms with Gasteiger partial charge in [-0.1, -0.05) is 0 Å². The summed E-state index contributed by atoms with van der Waals surface area (Å²) in [6.07, 6.45) is 4.06. The molecule has 0 amide bonds. The lowest BCUT2D eigenvalue weighted by molar-refractivity contribution is -0.785. The van der Waals surface area contributed by atoms with Gasteiger partial charge < -0.3 is 15.0 Å². The summed E-state index contributed by atoms with van der Waals surface area (Å²) < 4.78 is 4.59. The van der Waals surface area contributed by atoms with Crippen molar-refractivity contribution < 1.29 is 19.5 Å². The molecule has 22 heavy (non-hydrogen) atoms. The zero-order chi connectivity index (χ0) is 15.5. The molecule has 4 saturated carbocycles. The fourth-order valence-electron chi connectivity index (χ4n) is 5.36. The van der Waals surface area contributed by atoms with E-state index >= 15 is 0 Å². The highest BCUT2D eigenvalue weighted by atomic mass is 17.0. The molecule has 0 spiro atoms. The molecule has 1 heterocycles. The lowest BCUT2D eigenvalue weighted by atomic mass is 9.47. The van der Waals surface area contributed by atoms with Crippen LogP contribution in [0, 0.1) is 32.1 Å².